The van der Waals surface area contributed by atoms with E-state index in [0.29, 0.717) is 3.63 Å². The van der Waals surface area contributed by atoms with Gasteiger partial charge in [-0.25, -0.2) is 0 Å². The number of likely N-dealkylation sites (N-methyl/N-ethyl adjacent to an activating group) is 2. The molecular formula is C39H52N3Zr. The van der Waals surface area contributed by atoms with E-state index in [2.05, 4.69) is 157 Å². The van der Waals surface area contributed by atoms with Crippen molar-refractivity contribution in [2.24, 2.45) is 0 Å². The molecule has 0 saturated carbocycles. The molecule has 0 aromatic heterocycles. The van der Waals surface area contributed by atoms with E-state index in [4.69, 9.17) is 0 Å². The minimum absolute atomic E-state index is 0.574. The summed E-state index contributed by atoms with van der Waals surface area (Å²) >= 11 is 1.54. The molecule has 0 amide bonds. The van der Waals surface area contributed by atoms with Gasteiger partial charge in [-0.3, -0.25) is 0 Å². The molecule has 3 nitrogen and oxygen atoms in total. The van der Waals surface area contributed by atoms with E-state index in [1.165, 1.54) is 67.0 Å². The number of hydrogen-bond acceptors (Lipinski definition) is 3. The Kier molecular flexibility index (Phi) is 13.3. The van der Waals surface area contributed by atoms with Gasteiger partial charge in [-0.1, -0.05) is 0 Å². The third-order valence-corrected chi connectivity index (χ3v) is 10.9. The number of nitrogens with zero attached hydrogens (tertiary/aromatic N) is 2. The number of nitrogens with one attached hydrogen (secondary N) is 1. The van der Waals surface area contributed by atoms with Gasteiger partial charge in [-0.2, -0.15) is 0 Å². The normalized spacial score (nSPS) is 10.8. The minimum atomic E-state index is 0.574. The third kappa shape index (κ3) is 9.16. The summed E-state index contributed by atoms with van der Waals surface area (Å²) in [5, 5.41) is 3.62. The van der Waals surface area contributed by atoms with E-state index < -0.39 is 0 Å². The summed E-state index contributed by atoms with van der Waals surface area (Å²) in [5.74, 6) is 0. The summed E-state index contributed by atoms with van der Waals surface area (Å²) in [5.41, 5.74) is 16.8. The Morgan fingerprint density at radius 1 is 0.535 bits per heavy atom. The van der Waals surface area contributed by atoms with Crippen molar-refractivity contribution in [3.05, 3.63) is 128 Å². The zero-order valence-corrected chi connectivity index (χ0v) is 30.7. The summed E-state index contributed by atoms with van der Waals surface area (Å²) < 4.78 is 0.574. The second-order valence-corrected chi connectivity index (χ2v) is 13.4. The first-order chi connectivity index (χ1) is 20.4. The quantitative estimate of drug-likeness (QED) is 0.173. The summed E-state index contributed by atoms with van der Waals surface area (Å²) in [6.07, 6.45) is 0. The Balaban J connectivity index is 0.000000299. The molecule has 4 heteroatoms. The van der Waals surface area contributed by atoms with Gasteiger partial charge < -0.3 is 15.1 Å². The molecule has 0 spiro atoms. The van der Waals surface area contributed by atoms with Gasteiger partial charge in [0.1, 0.15) is 0 Å². The Hall–Kier alpha value is -2.68. The average Bonchev–Trinajstić information content (AvgIpc) is 3.02. The fourth-order valence-electron chi connectivity index (χ4n) is 5.52. The van der Waals surface area contributed by atoms with Gasteiger partial charge >= 0.3 is 100 Å². The molecule has 0 aliphatic heterocycles. The van der Waals surface area contributed by atoms with Gasteiger partial charge in [-0.15, -0.1) is 0 Å². The summed E-state index contributed by atoms with van der Waals surface area (Å²) in [7, 11) is 4.40. The molecule has 0 aliphatic rings. The molecule has 0 saturated heterocycles. The van der Waals surface area contributed by atoms with Crippen LogP contribution in [0.3, 0.4) is 0 Å². The molecule has 0 aliphatic carbocycles. The predicted molar refractivity (Wildman–Crippen MR) is 185 cm³/mol. The number of anilines is 2. The summed E-state index contributed by atoms with van der Waals surface area (Å²) in [6.45, 7) is 21.8. The van der Waals surface area contributed by atoms with Crippen molar-refractivity contribution in [1.29, 1.82) is 0 Å². The van der Waals surface area contributed by atoms with Crippen LogP contribution in [0.4, 0.5) is 11.4 Å². The van der Waals surface area contributed by atoms with Gasteiger partial charge in [0.15, 0.2) is 0 Å². The van der Waals surface area contributed by atoms with Crippen molar-refractivity contribution in [3.8, 4) is 0 Å². The van der Waals surface area contributed by atoms with Crippen LogP contribution in [0.5, 0.6) is 0 Å². The maximum atomic E-state index is 3.62. The Morgan fingerprint density at radius 2 is 0.884 bits per heavy atom. The molecule has 4 aromatic rings. The number of rotatable bonds is 10. The second-order valence-electron chi connectivity index (χ2n) is 12.0. The zero-order chi connectivity index (χ0) is 31.7. The fourth-order valence-corrected chi connectivity index (χ4v) is 6.46. The van der Waals surface area contributed by atoms with Crippen LogP contribution in [0.2, 0.25) is 0 Å². The molecule has 0 fully saturated rings. The van der Waals surface area contributed by atoms with Crippen molar-refractivity contribution < 1.29 is 24.7 Å². The van der Waals surface area contributed by atoms with E-state index in [9.17, 15) is 0 Å². The number of aryl methyl sites for hydroxylation is 2. The second kappa shape index (κ2) is 16.4. The Morgan fingerprint density at radius 3 is 1.23 bits per heavy atom. The predicted octanol–water partition coefficient (Wildman–Crippen LogP) is 8.64. The number of hydrogen-bond donors (Lipinski definition) is 1. The van der Waals surface area contributed by atoms with E-state index in [0.717, 1.165) is 26.2 Å². The van der Waals surface area contributed by atoms with Crippen LogP contribution in [-0.4, -0.2) is 40.3 Å². The molecule has 0 unspecified atom stereocenters. The molecule has 4 rings (SSSR count). The molecule has 227 valence electrons. The van der Waals surface area contributed by atoms with Crippen LogP contribution < -0.4 is 15.1 Å². The van der Waals surface area contributed by atoms with Crippen LogP contribution in [-0.2, 0) is 24.7 Å². The SMILES string of the molecule is Cc1cc(N(C)CCNCCN(C)c2cc(C)c(C)c(C)c2C)c(C)c(C)c1C.[Zr][CH](c1ccccc1)c1ccccc1. The molecule has 0 heterocycles. The number of benzene rings is 4. The molecular weight excluding hydrogens is 602 g/mol. The Bertz CT molecular complexity index is 1350. The van der Waals surface area contributed by atoms with Crippen LogP contribution in [0.1, 0.15) is 59.3 Å². The average molecular weight is 654 g/mol. The van der Waals surface area contributed by atoms with E-state index in [-0.39, 0.29) is 0 Å². The van der Waals surface area contributed by atoms with Crippen LogP contribution >= 0.6 is 0 Å². The summed E-state index contributed by atoms with van der Waals surface area (Å²) in [4.78, 5) is 4.75. The van der Waals surface area contributed by atoms with Crippen molar-refractivity contribution >= 4 is 11.4 Å². The molecule has 1 N–H and O–H groups in total. The van der Waals surface area contributed by atoms with Gasteiger partial charge in [0.05, 0.1) is 0 Å². The molecule has 43 heavy (non-hydrogen) atoms. The molecule has 0 radical (unpaired) electrons. The monoisotopic (exact) mass is 652 g/mol. The summed E-state index contributed by atoms with van der Waals surface area (Å²) in [6, 6.07) is 26.0. The van der Waals surface area contributed by atoms with E-state index >= 15 is 0 Å². The van der Waals surface area contributed by atoms with Crippen LogP contribution in [0.15, 0.2) is 72.8 Å². The van der Waals surface area contributed by atoms with Crippen molar-refractivity contribution in [2.45, 2.75) is 59.0 Å². The third-order valence-electron chi connectivity index (χ3n) is 9.24. The first-order valence-corrected chi connectivity index (χ1v) is 16.9. The van der Waals surface area contributed by atoms with Gasteiger partial charge in [0.2, 0.25) is 0 Å². The molecule has 0 atom stereocenters. The van der Waals surface area contributed by atoms with Crippen LogP contribution in [0.25, 0.3) is 0 Å². The van der Waals surface area contributed by atoms with Crippen molar-refractivity contribution in [2.75, 3.05) is 50.1 Å². The zero-order valence-electron chi connectivity index (χ0n) is 28.2. The standard InChI is InChI=1S/C26H41N3.C13H11.Zr/c1-17-15-25(23(7)21(5)19(17)3)28(9)13-11-27-12-14-29(10)26-16-18(2)20(4)22(6)24(26)8;1-3-7-12(8-4-1)11-13-9-5-2-6-10-13;/h15-16,27H,11-14H2,1-10H3;1-11H;. The molecule has 0 bridgehead atoms. The van der Waals surface area contributed by atoms with Crippen molar-refractivity contribution in [1.82, 2.24) is 5.32 Å². The topological polar surface area (TPSA) is 18.5 Å². The van der Waals surface area contributed by atoms with Gasteiger partial charge in [0, 0.05) is 51.6 Å². The maximum absolute atomic E-state index is 3.62. The van der Waals surface area contributed by atoms with Crippen molar-refractivity contribution in [3.63, 3.8) is 0 Å². The van der Waals surface area contributed by atoms with Gasteiger partial charge in [-0.05, 0) is 112 Å². The Labute approximate surface area is 277 Å². The molecule has 4 aromatic carbocycles. The first kappa shape index (κ1) is 34.8. The van der Waals surface area contributed by atoms with E-state index in [1.54, 1.807) is 24.7 Å². The first-order valence-electron chi connectivity index (χ1n) is 15.5. The van der Waals surface area contributed by atoms with Gasteiger partial charge in [0.25, 0.3) is 0 Å². The van der Waals surface area contributed by atoms with Crippen LogP contribution in [0, 0.1) is 55.4 Å². The fraction of sp³-hybridized carbons (Fsp3) is 0.385. The van der Waals surface area contributed by atoms with E-state index in [1.807, 2.05) is 0 Å².